The van der Waals surface area contributed by atoms with Gasteiger partial charge >= 0.3 is 0 Å². The van der Waals surface area contributed by atoms with Crippen LogP contribution in [0.25, 0.3) is 10.9 Å². The normalized spacial score (nSPS) is 10.7. The van der Waals surface area contributed by atoms with Crippen molar-refractivity contribution in [3.8, 4) is 0 Å². The maximum absolute atomic E-state index is 12.2. The lowest BCUT2D eigenvalue weighted by Gasteiger charge is -2.08. The summed E-state index contributed by atoms with van der Waals surface area (Å²) in [6.45, 7) is 0. The summed E-state index contributed by atoms with van der Waals surface area (Å²) < 4.78 is 0.860. The maximum atomic E-state index is 12.2. The van der Waals surface area contributed by atoms with Crippen LogP contribution in [0.15, 0.2) is 53.1 Å². The first-order valence-electron chi connectivity index (χ1n) is 5.97. The Bertz CT molecular complexity index is 797. The van der Waals surface area contributed by atoms with Gasteiger partial charge in [0.15, 0.2) is 0 Å². The summed E-state index contributed by atoms with van der Waals surface area (Å²) in [7, 11) is 0. The fourth-order valence-electron chi connectivity index (χ4n) is 1.98. The standard InChI is InChI=1S/C15H10BrClN2O/c16-11-2-3-12(17)14(8-11)19-15(20)10-1-4-13-9(7-10)5-6-18-13/h1-8,18H,(H,19,20). The van der Waals surface area contributed by atoms with E-state index >= 15 is 0 Å². The zero-order valence-electron chi connectivity index (χ0n) is 10.3. The van der Waals surface area contributed by atoms with Crippen molar-refractivity contribution in [2.75, 3.05) is 5.32 Å². The molecule has 0 unspecified atom stereocenters. The van der Waals surface area contributed by atoms with E-state index in [9.17, 15) is 4.79 Å². The van der Waals surface area contributed by atoms with Crippen LogP contribution < -0.4 is 5.32 Å². The molecule has 3 rings (SSSR count). The summed E-state index contributed by atoms with van der Waals surface area (Å²) in [5.41, 5.74) is 2.18. The Balaban J connectivity index is 1.90. The topological polar surface area (TPSA) is 44.9 Å². The molecule has 0 saturated carbocycles. The van der Waals surface area contributed by atoms with Crippen LogP contribution in [0.4, 0.5) is 5.69 Å². The fourth-order valence-corrected chi connectivity index (χ4v) is 2.51. The Hall–Kier alpha value is -1.78. The average molecular weight is 350 g/mol. The smallest absolute Gasteiger partial charge is 0.255 e. The second-order valence-electron chi connectivity index (χ2n) is 4.36. The zero-order valence-corrected chi connectivity index (χ0v) is 12.6. The summed E-state index contributed by atoms with van der Waals surface area (Å²) in [5.74, 6) is -0.187. The molecule has 0 aliphatic carbocycles. The molecule has 5 heteroatoms. The molecule has 0 fully saturated rings. The van der Waals surface area contributed by atoms with Gasteiger partial charge in [0.2, 0.25) is 0 Å². The van der Waals surface area contributed by atoms with E-state index in [0.29, 0.717) is 16.3 Å². The van der Waals surface area contributed by atoms with Gasteiger partial charge in [-0.2, -0.15) is 0 Å². The molecule has 0 spiro atoms. The first-order chi connectivity index (χ1) is 9.63. The molecule has 1 aromatic heterocycles. The van der Waals surface area contributed by atoms with Crippen molar-refractivity contribution >= 4 is 50.0 Å². The number of carbonyl (C=O) groups is 1. The molecule has 2 N–H and O–H groups in total. The Morgan fingerprint density at radius 2 is 2.00 bits per heavy atom. The minimum Gasteiger partial charge on any atom is -0.361 e. The van der Waals surface area contributed by atoms with E-state index in [-0.39, 0.29) is 5.91 Å². The molecule has 3 nitrogen and oxygen atoms in total. The van der Waals surface area contributed by atoms with Crippen LogP contribution in [0.3, 0.4) is 0 Å². The van der Waals surface area contributed by atoms with Crippen molar-refractivity contribution in [2.45, 2.75) is 0 Å². The number of fused-ring (bicyclic) bond motifs is 1. The van der Waals surface area contributed by atoms with Crippen molar-refractivity contribution in [1.82, 2.24) is 4.98 Å². The first kappa shape index (κ1) is 13.2. The van der Waals surface area contributed by atoms with Gasteiger partial charge in [0.1, 0.15) is 0 Å². The van der Waals surface area contributed by atoms with Crippen LogP contribution in [0.2, 0.25) is 5.02 Å². The van der Waals surface area contributed by atoms with Crippen LogP contribution in [-0.4, -0.2) is 10.9 Å². The number of carbonyl (C=O) groups excluding carboxylic acids is 1. The van der Waals surface area contributed by atoms with Crippen LogP contribution in [0.5, 0.6) is 0 Å². The third kappa shape index (κ3) is 2.57. The maximum Gasteiger partial charge on any atom is 0.255 e. The van der Waals surface area contributed by atoms with Crippen molar-refractivity contribution in [1.29, 1.82) is 0 Å². The minimum atomic E-state index is -0.187. The molecule has 0 aliphatic rings. The molecule has 3 aromatic rings. The van der Waals surface area contributed by atoms with Gasteiger partial charge in [0.05, 0.1) is 10.7 Å². The second kappa shape index (κ2) is 5.31. The highest BCUT2D eigenvalue weighted by Crippen LogP contribution is 2.26. The summed E-state index contributed by atoms with van der Waals surface area (Å²) in [4.78, 5) is 15.3. The molecule has 1 amide bonds. The van der Waals surface area contributed by atoms with Gasteiger partial charge in [-0.3, -0.25) is 4.79 Å². The molecule has 20 heavy (non-hydrogen) atoms. The molecule has 0 atom stereocenters. The van der Waals surface area contributed by atoms with E-state index in [0.717, 1.165) is 15.4 Å². The lowest BCUT2D eigenvalue weighted by Crippen LogP contribution is -2.12. The Kier molecular flexibility index (Phi) is 3.51. The van der Waals surface area contributed by atoms with Crippen LogP contribution in [0, 0.1) is 0 Å². The van der Waals surface area contributed by atoms with E-state index in [1.807, 2.05) is 30.5 Å². The lowest BCUT2D eigenvalue weighted by atomic mass is 10.1. The van der Waals surface area contributed by atoms with Crippen LogP contribution in [0.1, 0.15) is 10.4 Å². The Morgan fingerprint density at radius 3 is 2.85 bits per heavy atom. The number of halogens is 2. The highest BCUT2D eigenvalue weighted by Gasteiger charge is 2.09. The highest BCUT2D eigenvalue weighted by molar-refractivity contribution is 9.10. The molecule has 0 saturated heterocycles. The first-order valence-corrected chi connectivity index (χ1v) is 7.14. The van der Waals surface area contributed by atoms with E-state index < -0.39 is 0 Å². The predicted octanol–water partition coefficient (Wildman–Crippen LogP) is 4.84. The highest BCUT2D eigenvalue weighted by atomic mass is 79.9. The quantitative estimate of drug-likeness (QED) is 0.683. The number of benzene rings is 2. The average Bonchev–Trinajstić information content (AvgIpc) is 2.90. The summed E-state index contributed by atoms with van der Waals surface area (Å²) in [6, 6.07) is 12.8. The van der Waals surface area contributed by atoms with Gasteiger partial charge in [0, 0.05) is 27.1 Å². The molecule has 0 bridgehead atoms. The number of aromatic nitrogens is 1. The van der Waals surface area contributed by atoms with Crippen molar-refractivity contribution < 1.29 is 4.79 Å². The van der Waals surface area contributed by atoms with Crippen molar-refractivity contribution in [2.24, 2.45) is 0 Å². The largest absolute Gasteiger partial charge is 0.361 e. The zero-order chi connectivity index (χ0) is 14.1. The van der Waals surface area contributed by atoms with E-state index in [1.54, 1.807) is 18.2 Å². The monoisotopic (exact) mass is 348 g/mol. The molecular weight excluding hydrogens is 340 g/mol. The lowest BCUT2D eigenvalue weighted by molar-refractivity contribution is 0.102. The van der Waals surface area contributed by atoms with Gasteiger partial charge in [-0.15, -0.1) is 0 Å². The third-order valence-electron chi connectivity index (χ3n) is 2.99. The number of rotatable bonds is 2. The van der Waals surface area contributed by atoms with Gasteiger partial charge in [-0.25, -0.2) is 0 Å². The second-order valence-corrected chi connectivity index (χ2v) is 5.68. The van der Waals surface area contributed by atoms with E-state index in [2.05, 4.69) is 26.2 Å². The van der Waals surface area contributed by atoms with Crippen molar-refractivity contribution in [3.05, 3.63) is 63.7 Å². The third-order valence-corrected chi connectivity index (χ3v) is 3.81. The Morgan fingerprint density at radius 1 is 1.15 bits per heavy atom. The Labute approximate surface area is 129 Å². The molecule has 2 aromatic carbocycles. The predicted molar refractivity (Wildman–Crippen MR) is 85.4 cm³/mol. The van der Waals surface area contributed by atoms with Gasteiger partial charge in [-0.05, 0) is 42.5 Å². The molecule has 100 valence electrons. The molecule has 1 heterocycles. The number of hydrogen-bond acceptors (Lipinski definition) is 1. The number of hydrogen-bond donors (Lipinski definition) is 2. The van der Waals surface area contributed by atoms with Crippen LogP contribution >= 0.6 is 27.5 Å². The summed E-state index contributed by atoms with van der Waals surface area (Å²) >= 11 is 9.42. The van der Waals surface area contributed by atoms with Gasteiger partial charge in [-0.1, -0.05) is 27.5 Å². The summed E-state index contributed by atoms with van der Waals surface area (Å²) in [5, 5.41) is 4.32. The number of nitrogens with one attached hydrogen (secondary N) is 2. The number of anilines is 1. The van der Waals surface area contributed by atoms with E-state index in [1.165, 1.54) is 0 Å². The van der Waals surface area contributed by atoms with Crippen molar-refractivity contribution in [3.63, 3.8) is 0 Å². The molecule has 0 radical (unpaired) electrons. The number of amides is 1. The van der Waals surface area contributed by atoms with Gasteiger partial charge < -0.3 is 10.3 Å². The van der Waals surface area contributed by atoms with E-state index in [4.69, 9.17) is 11.6 Å². The van der Waals surface area contributed by atoms with Crippen LogP contribution in [-0.2, 0) is 0 Å². The fraction of sp³-hybridized carbons (Fsp3) is 0. The number of aromatic amines is 1. The van der Waals surface area contributed by atoms with Gasteiger partial charge in [0.25, 0.3) is 5.91 Å². The minimum absolute atomic E-state index is 0.187. The SMILES string of the molecule is O=C(Nc1cc(Br)ccc1Cl)c1ccc2[nH]ccc2c1. The molecule has 0 aliphatic heterocycles. The molecular formula is C15H10BrClN2O. The number of H-pyrrole nitrogens is 1. The summed E-state index contributed by atoms with van der Waals surface area (Å²) in [6.07, 6.45) is 1.84.